The number of nitrogens with zero attached hydrogens (tertiary/aromatic N) is 2. The molecule has 1 saturated heterocycles. The largest absolute Gasteiger partial charge is 0.467 e. The van der Waals surface area contributed by atoms with Gasteiger partial charge in [0.05, 0.1) is 12.8 Å². The number of rotatable bonds is 1. The molecule has 2 aliphatic rings. The summed E-state index contributed by atoms with van der Waals surface area (Å²) in [5, 5.41) is 0. The van der Waals surface area contributed by atoms with E-state index in [4.69, 9.17) is 4.74 Å². The molecule has 0 spiro atoms. The van der Waals surface area contributed by atoms with Crippen LogP contribution in [0.4, 0.5) is 5.69 Å². The van der Waals surface area contributed by atoms with E-state index in [1.807, 2.05) is 18.2 Å². The fourth-order valence-electron chi connectivity index (χ4n) is 2.52. The Labute approximate surface area is 99.9 Å². The first kappa shape index (κ1) is 10.3. The highest BCUT2D eigenvalue weighted by molar-refractivity contribution is 5.94. The smallest absolute Gasteiger partial charge is 0.328 e. The summed E-state index contributed by atoms with van der Waals surface area (Å²) in [5.41, 5.74) is 2.20. The zero-order chi connectivity index (χ0) is 11.8. The Hall–Kier alpha value is -1.84. The third-order valence-corrected chi connectivity index (χ3v) is 3.40. The summed E-state index contributed by atoms with van der Waals surface area (Å²) in [7, 11) is 1.44. The molecule has 0 aromatic heterocycles. The number of benzene rings is 1. The number of methoxy groups -OCH3 is 1. The Morgan fingerprint density at radius 1 is 1.47 bits per heavy atom. The molecule has 2 aliphatic heterocycles. The van der Waals surface area contributed by atoms with Crippen molar-refractivity contribution >= 4 is 17.5 Å². The third-order valence-electron chi connectivity index (χ3n) is 3.40. The van der Waals surface area contributed by atoms with E-state index in [1.54, 1.807) is 0 Å². The molecule has 88 valence electrons. The minimum absolute atomic E-state index is 0.158. The Balaban J connectivity index is 1.94. The van der Waals surface area contributed by atoms with Crippen LogP contribution in [0.5, 0.6) is 0 Å². The van der Waals surface area contributed by atoms with Crippen LogP contribution in [0.25, 0.3) is 0 Å². The predicted molar refractivity (Wildman–Crippen MR) is 64.1 cm³/mol. The van der Waals surface area contributed by atoms with Gasteiger partial charge in [-0.1, -0.05) is 18.2 Å². The molecule has 0 unspecified atom stereocenters. The van der Waals surface area contributed by atoms with Gasteiger partial charge >= 0.3 is 5.97 Å². The molecule has 1 aromatic carbocycles. The van der Waals surface area contributed by atoms with E-state index >= 15 is 0 Å². The van der Waals surface area contributed by atoms with Crippen LogP contribution in [0.3, 0.4) is 0 Å². The second-order valence-corrected chi connectivity index (χ2v) is 4.36. The lowest BCUT2D eigenvalue weighted by atomic mass is 10.1. The number of hydrogen-bond donors (Lipinski definition) is 0. The van der Waals surface area contributed by atoms with Crippen molar-refractivity contribution in [2.75, 3.05) is 7.11 Å². The molecule has 4 nitrogen and oxygen atoms in total. The van der Waals surface area contributed by atoms with Crippen LogP contribution in [-0.2, 0) is 16.1 Å². The number of hydrogen-bond acceptors (Lipinski definition) is 4. The molecule has 0 N–H and O–H groups in total. The molecule has 0 radical (unpaired) electrons. The standard InChI is InChI=1S/C13H14N2O2/c1-17-13(16)11-6-7-12-14-10-5-3-2-4-9(10)8-15(11)12/h2-5,11H,6-8H2,1H3/t11-/m0/s1. The van der Waals surface area contributed by atoms with Crippen LogP contribution in [0, 0.1) is 0 Å². The van der Waals surface area contributed by atoms with E-state index < -0.39 is 0 Å². The summed E-state index contributed by atoms with van der Waals surface area (Å²) in [6.07, 6.45) is 1.66. The molecule has 3 rings (SSSR count). The number of para-hydroxylation sites is 1. The van der Waals surface area contributed by atoms with Crippen molar-refractivity contribution in [1.29, 1.82) is 0 Å². The maximum absolute atomic E-state index is 11.7. The molecule has 4 heteroatoms. The summed E-state index contributed by atoms with van der Waals surface area (Å²) >= 11 is 0. The Kier molecular flexibility index (Phi) is 2.35. The zero-order valence-electron chi connectivity index (χ0n) is 9.72. The lowest BCUT2D eigenvalue weighted by Crippen LogP contribution is -2.39. The van der Waals surface area contributed by atoms with Gasteiger partial charge in [-0.05, 0) is 18.1 Å². The molecule has 1 fully saturated rings. The average molecular weight is 230 g/mol. The van der Waals surface area contributed by atoms with Gasteiger partial charge in [-0.3, -0.25) is 0 Å². The van der Waals surface area contributed by atoms with Crippen molar-refractivity contribution in [2.24, 2.45) is 4.99 Å². The van der Waals surface area contributed by atoms with Gasteiger partial charge in [0, 0.05) is 13.0 Å². The summed E-state index contributed by atoms with van der Waals surface area (Å²) in [5.74, 6) is 0.855. The van der Waals surface area contributed by atoms with Crippen LogP contribution >= 0.6 is 0 Å². The Morgan fingerprint density at radius 3 is 3.12 bits per heavy atom. The van der Waals surface area contributed by atoms with Crippen molar-refractivity contribution < 1.29 is 9.53 Å². The molecular weight excluding hydrogens is 216 g/mol. The van der Waals surface area contributed by atoms with E-state index in [0.717, 1.165) is 30.9 Å². The summed E-state index contributed by atoms with van der Waals surface area (Å²) in [4.78, 5) is 18.3. The van der Waals surface area contributed by atoms with Crippen LogP contribution in [0.1, 0.15) is 18.4 Å². The number of aliphatic imine (C=N–C) groups is 1. The van der Waals surface area contributed by atoms with Crippen LogP contribution in [0.15, 0.2) is 29.3 Å². The maximum atomic E-state index is 11.7. The van der Waals surface area contributed by atoms with Gasteiger partial charge in [0.15, 0.2) is 0 Å². The molecule has 1 aromatic rings. The molecule has 2 heterocycles. The molecule has 1 atom stereocenters. The summed E-state index contributed by atoms with van der Waals surface area (Å²) < 4.78 is 4.84. The van der Waals surface area contributed by atoms with Gasteiger partial charge in [-0.15, -0.1) is 0 Å². The second-order valence-electron chi connectivity index (χ2n) is 4.36. The molecule has 0 bridgehead atoms. The van der Waals surface area contributed by atoms with E-state index in [1.165, 1.54) is 12.7 Å². The van der Waals surface area contributed by atoms with Gasteiger partial charge in [0.1, 0.15) is 11.9 Å². The van der Waals surface area contributed by atoms with Gasteiger partial charge < -0.3 is 9.64 Å². The highest BCUT2D eigenvalue weighted by Gasteiger charge is 2.37. The number of esters is 1. The number of carbonyl (C=O) groups is 1. The first-order chi connectivity index (χ1) is 8.29. The minimum atomic E-state index is -0.160. The molecule has 0 saturated carbocycles. The maximum Gasteiger partial charge on any atom is 0.328 e. The second kappa shape index (κ2) is 3.87. The lowest BCUT2D eigenvalue weighted by Gasteiger charge is -2.28. The van der Waals surface area contributed by atoms with E-state index in [2.05, 4.69) is 16.0 Å². The number of fused-ring (bicyclic) bond motifs is 2. The van der Waals surface area contributed by atoms with Crippen LogP contribution < -0.4 is 0 Å². The highest BCUT2D eigenvalue weighted by atomic mass is 16.5. The van der Waals surface area contributed by atoms with Gasteiger partial charge in [-0.25, -0.2) is 9.79 Å². The third kappa shape index (κ3) is 1.60. The van der Waals surface area contributed by atoms with E-state index in [0.29, 0.717) is 0 Å². The van der Waals surface area contributed by atoms with Crippen molar-refractivity contribution in [3.63, 3.8) is 0 Å². The number of amidine groups is 1. The first-order valence-electron chi connectivity index (χ1n) is 5.79. The number of ether oxygens (including phenoxy) is 1. The molecule has 0 amide bonds. The average Bonchev–Trinajstić information content (AvgIpc) is 2.78. The molecule has 0 aliphatic carbocycles. The topological polar surface area (TPSA) is 41.9 Å². The fraction of sp³-hybridized carbons (Fsp3) is 0.385. The van der Waals surface area contributed by atoms with Crippen LogP contribution in [0.2, 0.25) is 0 Å². The SMILES string of the molecule is COC(=O)[C@@H]1CCC2=Nc3ccccc3CN21. The Bertz CT molecular complexity index is 496. The molecule has 17 heavy (non-hydrogen) atoms. The number of carbonyl (C=O) groups excluding carboxylic acids is 1. The summed E-state index contributed by atoms with van der Waals surface area (Å²) in [6, 6.07) is 7.91. The van der Waals surface area contributed by atoms with Crippen molar-refractivity contribution in [2.45, 2.75) is 25.4 Å². The van der Waals surface area contributed by atoms with E-state index in [-0.39, 0.29) is 12.0 Å². The fourth-order valence-corrected chi connectivity index (χ4v) is 2.52. The van der Waals surface area contributed by atoms with Gasteiger partial charge in [0.25, 0.3) is 0 Å². The van der Waals surface area contributed by atoms with Crippen LogP contribution in [-0.4, -0.2) is 29.9 Å². The van der Waals surface area contributed by atoms with Crippen molar-refractivity contribution in [3.05, 3.63) is 29.8 Å². The van der Waals surface area contributed by atoms with Crippen molar-refractivity contribution in [1.82, 2.24) is 4.90 Å². The lowest BCUT2D eigenvalue weighted by molar-refractivity contribution is -0.145. The quantitative estimate of drug-likeness (QED) is 0.692. The monoisotopic (exact) mass is 230 g/mol. The van der Waals surface area contributed by atoms with Crippen molar-refractivity contribution in [3.8, 4) is 0 Å². The van der Waals surface area contributed by atoms with Gasteiger partial charge in [0.2, 0.25) is 0 Å². The van der Waals surface area contributed by atoms with Gasteiger partial charge in [-0.2, -0.15) is 0 Å². The summed E-state index contributed by atoms with van der Waals surface area (Å²) in [6.45, 7) is 0.759. The minimum Gasteiger partial charge on any atom is -0.467 e. The molecular formula is C13H14N2O2. The highest BCUT2D eigenvalue weighted by Crippen LogP contribution is 2.33. The normalized spacial score (nSPS) is 21.6. The van der Waals surface area contributed by atoms with E-state index in [9.17, 15) is 4.79 Å². The first-order valence-corrected chi connectivity index (χ1v) is 5.79. The zero-order valence-corrected chi connectivity index (χ0v) is 9.72. The predicted octanol–water partition coefficient (Wildman–Crippen LogP) is 1.87. The Morgan fingerprint density at radius 2 is 2.29 bits per heavy atom.